The van der Waals surface area contributed by atoms with Gasteiger partial charge in [0.2, 0.25) is 11.5 Å². The molecule has 1 amide bonds. The monoisotopic (exact) mass is 458 g/mol. The molecule has 0 heterocycles. The van der Waals surface area contributed by atoms with Crippen LogP contribution in [-0.2, 0) is 14.8 Å². The number of guanidine groups is 1. The van der Waals surface area contributed by atoms with Crippen molar-refractivity contribution in [2.75, 3.05) is 6.54 Å². The van der Waals surface area contributed by atoms with E-state index in [1.165, 1.54) is 12.1 Å². The zero-order valence-electron chi connectivity index (χ0n) is 17.0. The van der Waals surface area contributed by atoms with Gasteiger partial charge in [-0.3, -0.25) is 15.0 Å². The fraction of sp³-hybridized carbons (Fsp3) is 0.222. The van der Waals surface area contributed by atoms with Gasteiger partial charge in [-0.25, -0.2) is 22.7 Å². The number of nitrogens with two attached hydrogens (primary N) is 2. The van der Waals surface area contributed by atoms with Gasteiger partial charge in [-0.2, -0.15) is 4.72 Å². The van der Waals surface area contributed by atoms with Crippen LogP contribution < -0.4 is 26.4 Å². The van der Waals surface area contributed by atoms with Gasteiger partial charge in [-0.1, -0.05) is 18.2 Å². The summed E-state index contributed by atoms with van der Waals surface area (Å²) in [6.45, 7) is 0.0876. The molecule has 0 fully saturated rings. The molecular formula is C18H21F2N5O5S. The number of hydroxylamine groups is 1. The minimum atomic E-state index is -4.56. The van der Waals surface area contributed by atoms with Crippen LogP contribution in [0.25, 0.3) is 0 Å². The highest BCUT2D eigenvalue weighted by Crippen LogP contribution is 2.30. The molecule has 0 aliphatic rings. The van der Waals surface area contributed by atoms with Crippen LogP contribution in [0.4, 0.5) is 8.78 Å². The van der Waals surface area contributed by atoms with Gasteiger partial charge in [0, 0.05) is 6.54 Å². The summed E-state index contributed by atoms with van der Waals surface area (Å²) in [6, 6.07) is 7.45. The van der Waals surface area contributed by atoms with Crippen LogP contribution in [0.15, 0.2) is 52.4 Å². The molecule has 0 radical (unpaired) electrons. The zero-order valence-corrected chi connectivity index (χ0v) is 16.9. The van der Waals surface area contributed by atoms with Crippen molar-refractivity contribution in [1.29, 1.82) is 0 Å². The first-order valence-electron chi connectivity index (χ1n) is 9.26. The molecule has 0 bridgehead atoms. The Morgan fingerprint density at radius 3 is 2.45 bits per heavy atom. The fourth-order valence-corrected chi connectivity index (χ4v) is 3.72. The van der Waals surface area contributed by atoms with Crippen LogP contribution >= 0.6 is 0 Å². The number of halogens is 2. The lowest BCUT2D eigenvalue weighted by molar-refractivity contribution is -0.131. The van der Waals surface area contributed by atoms with Crippen LogP contribution in [0.3, 0.4) is 0 Å². The number of hydrogen-bond acceptors (Lipinski definition) is 6. The van der Waals surface area contributed by atoms with E-state index in [1.807, 2.05) is 4.72 Å². The Labute approximate surface area is 178 Å². The van der Waals surface area contributed by atoms with Crippen LogP contribution in [-0.4, -0.2) is 38.1 Å². The molecule has 0 aliphatic carbocycles. The predicted octanol–water partition coefficient (Wildman–Crippen LogP) is 0.963. The molecular weight excluding hydrogens is 436 g/mol. The molecule has 0 saturated heterocycles. The van der Waals surface area contributed by atoms with E-state index in [0.717, 1.165) is 0 Å². The third kappa shape index (κ3) is 6.87. The SMILES string of the molecule is [2H]ONC(=O)[C@H](CCCN=C(N)N)NS(=O)(=O)c1cc(F)c(Oc2ccccc2)c(F)c1. The lowest BCUT2D eigenvalue weighted by atomic mass is 10.1. The van der Waals surface area contributed by atoms with Crippen molar-refractivity contribution in [3.05, 3.63) is 54.1 Å². The molecule has 0 unspecified atom stereocenters. The summed E-state index contributed by atoms with van der Waals surface area (Å²) >= 11 is 0. The summed E-state index contributed by atoms with van der Waals surface area (Å²) in [5.41, 5.74) is 12.1. The van der Waals surface area contributed by atoms with Gasteiger partial charge in [-0.15, -0.1) is 0 Å². The summed E-state index contributed by atoms with van der Waals surface area (Å²) in [4.78, 5) is 15.0. The molecule has 0 spiro atoms. The summed E-state index contributed by atoms with van der Waals surface area (Å²) in [5.74, 6) is -4.37. The second-order valence-electron chi connectivity index (χ2n) is 6.22. The number of nitrogens with one attached hydrogen (secondary N) is 2. The Hall–Kier alpha value is -3.29. The first kappa shape index (κ1) is 22.4. The normalized spacial score (nSPS) is 12.5. The Bertz CT molecular complexity index is 1050. The Morgan fingerprint density at radius 1 is 1.23 bits per heavy atom. The van der Waals surface area contributed by atoms with Gasteiger partial charge >= 0.3 is 0 Å². The molecule has 2 rings (SSSR count). The number of carbonyl (C=O) groups excluding carboxylic acids is 1. The van der Waals surface area contributed by atoms with Crippen molar-refractivity contribution in [2.24, 2.45) is 16.5 Å². The Morgan fingerprint density at radius 2 is 1.87 bits per heavy atom. The molecule has 0 aliphatic heterocycles. The number of amides is 1. The molecule has 0 saturated carbocycles. The number of para-hydroxylation sites is 1. The molecule has 2 aromatic carbocycles. The van der Waals surface area contributed by atoms with Crippen molar-refractivity contribution in [1.82, 2.24) is 10.2 Å². The Balaban J connectivity index is 2.23. The van der Waals surface area contributed by atoms with E-state index < -0.39 is 44.3 Å². The average Bonchev–Trinajstić information content (AvgIpc) is 2.73. The number of benzene rings is 2. The molecule has 1 atom stereocenters. The van der Waals surface area contributed by atoms with Crippen molar-refractivity contribution in [2.45, 2.75) is 23.8 Å². The number of aliphatic imine (C=N–C) groups is 1. The quantitative estimate of drug-likeness (QED) is 0.110. The van der Waals surface area contributed by atoms with Crippen LogP contribution in [0.5, 0.6) is 11.5 Å². The maximum atomic E-state index is 14.4. The van der Waals surface area contributed by atoms with Gasteiger partial charge in [0.25, 0.3) is 5.91 Å². The third-order valence-electron chi connectivity index (χ3n) is 3.90. The van der Waals surface area contributed by atoms with Gasteiger partial charge in [0.1, 0.15) is 11.8 Å². The average molecular weight is 458 g/mol. The summed E-state index contributed by atoms with van der Waals surface area (Å²) < 4.78 is 67.9. The van der Waals surface area contributed by atoms with E-state index >= 15 is 0 Å². The largest absolute Gasteiger partial charge is 0.451 e. The summed E-state index contributed by atoms with van der Waals surface area (Å²) in [7, 11) is -4.56. The highest BCUT2D eigenvalue weighted by molar-refractivity contribution is 7.89. The second kappa shape index (κ2) is 10.7. The molecule has 13 heteroatoms. The van der Waals surface area contributed by atoms with E-state index in [-0.39, 0.29) is 31.1 Å². The smallest absolute Gasteiger partial charge is 0.261 e. The molecule has 31 heavy (non-hydrogen) atoms. The highest BCUT2D eigenvalue weighted by Gasteiger charge is 2.27. The lowest BCUT2D eigenvalue weighted by Crippen LogP contribution is -2.45. The molecule has 0 aromatic heterocycles. The van der Waals surface area contributed by atoms with E-state index in [4.69, 9.17) is 17.6 Å². The highest BCUT2D eigenvalue weighted by atomic mass is 32.2. The molecule has 168 valence electrons. The third-order valence-corrected chi connectivity index (χ3v) is 5.36. The number of nitrogens with zero attached hydrogens (tertiary/aromatic N) is 1. The summed E-state index contributed by atoms with van der Waals surface area (Å²) in [6.07, 6.45) is 0.0639. The Kier molecular flexibility index (Phi) is 7.70. The fourth-order valence-electron chi connectivity index (χ4n) is 2.47. The van der Waals surface area contributed by atoms with Gasteiger partial charge in [-0.05, 0) is 37.1 Å². The minimum absolute atomic E-state index is 0.0876. The number of rotatable bonds is 11. The number of sulfonamides is 1. The topological polar surface area (TPSA) is 169 Å². The van der Waals surface area contributed by atoms with E-state index in [1.54, 1.807) is 23.7 Å². The molecule has 2 aromatic rings. The number of ether oxygens (including phenoxy) is 1. The second-order valence-corrected chi connectivity index (χ2v) is 7.93. The zero-order chi connectivity index (χ0) is 23.7. The van der Waals surface area contributed by atoms with Crippen LogP contribution in [0, 0.1) is 11.6 Å². The van der Waals surface area contributed by atoms with Gasteiger partial charge in [0.15, 0.2) is 23.3 Å². The van der Waals surface area contributed by atoms with Gasteiger partial charge in [0.05, 0.1) is 4.90 Å². The van der Waals surface area contributed by atoms with Crippen molar-refractivity contribution in [3.8, 4) is 11.5 Å². The first-order valence-corrected chi connectivity index (χ1v) is 10.3. The van der Waals surface area contributed by atoms with E-state index in [2.05, 4.69) is 10.2 Å². The van der Waals surface area contributed by atoms with E-state index in [0.29, 0.717) is 12.1 Å². The van der Waals surface area contributed by atoms with Crippen molar-refractivity contribution < 1.29 is 33.4 Å². The number of hydrogen-bond donors (Lipinski definition) is 5. The van der Waals surface area contributed by atoms with Crippen molar-refractivity contribution in [3.63, 3.8) is 0 Å². The maximum Gasteiger partial charge on any atom is 0.261 e. The van der Waals surface area contributed by atoms with Crippen molar-refractivity contribution >= 4 is 21.9 Å². The maximum absolute atomic E-state index is 14.4. The molecule has 10 nitrogen and oxygen atoms in total. The standard InChI is InChI=1S/C18H21F2N5O5S/c19-13-9-12(10-14(20)16(13)30-11-5-2-1-3-6-11)31(28,29)25-15(17(26)24-27)7-4-8-23-18(21)22/h1-3,5-6,9-10,15,25,27H,4,7-8H2,(H,24,26)(H4,21,22,23)/t15-/m0/s1/i/hD. The van der Waals surface area contributed by atoms with Gasteiger partial charge < -0.3 is 16.2 Å². The lowest BCUT2D eigenvalue weighted by Gasteiger charge is -2.17. The van der Waals surface area contributed by atoms with Crippen LogP contribution in [0.1, 0.15) is 12.8 Å². The van der Waals surface area contributed by atoms with E-state index in [9.17, 15) is 22.0 Å². The minimum Gasteiger partial charge on any atom is -0.451 e. The number of carbonyl (C=O) groups is 1. The predicted molar refractivity (Wildman–Crippen MR) is 107 cm³/mol. The molecule has 7 N–H and O–H groups in total. The van der Waals surface area contributed by atoms with Crippen LogP contribution in [0.2, 0.25) is 1.43 Å². The first-order chi connectivity index (χ1) is 15.1. The summed E-state index contributed by atoms with van der Waals surface area (Å²) in [5, 5.41) is 3.77.